The topological polar surface area (TPSA) is 56.2 Å². The van der Waals surface area contributed by atoms with Crippen molar-refractivity contribution < 1.29 is 9.53 Å². The number of fused-ring (bicyclic) bond motifs is 4. The van der Waals surface area contributed by atoms with Crippen LogP contribution in [0.3, 0.4) is 0 Å². The maximum absolute atomic E-state index is 12.9. The van der Waals surface area contributed by atoms with E-state index in [4.69, 9.17) is 4.74 Å². The minimum atomic E-state index is -0.238. The molecule has 4 aromatic rings. The molecule has 0 bridgehead atoms. The van der Waals surface area contributed by atoms with E-state index in [1.54, 1.807) is 6.33 Å². The fourth-order valence-electron chi connectivity index (χ4n) is 3.35. The van der Waals surface area contributed by atoms with Crippen LogP contribution in [0.25, 0.3) is 16.5 Å². The predicted octanol–water partition coefficient (Wildman–Crippen LogP) is 4.17. The number of carbonyl (C=O) groups excluding carboxylic acids is 1. The van der Waals surface area contributed by atoms with Gasteiger partial charge in [0.1, 0.15) is 18.7 Å². The van der Waals surface area contributed by atoms with Crippen LogP contribution in [0.15, 0.2) is 73.1 Å². The summed E-state index contributed by atoms with van der Waals surface area (Å²) in [5.41, 5.74) is 2.80. The second-order valence-corrected chi connectivity index (χ2v) is 6.15. The van der Waals surface area contributed by atoms with Gasteiger partial charge in [0.25, 0.3) is 5.91 Å². The van der Waals surface area contributed by atoms with Gasteiger partial charge in [0.2, 0.25) is 0 Å². The molecule has 0 fully saturated rings. The lowest BCUT2D eigenvalue weighted by molar-refractivity contribution is 0.102. The summed E-state index contributed by atoms with van der Waals surface area (Å²) in [6.07, 6.45) is 1.68. The number of hydrogen-bond acceptors (Lipinski definition) is 3. The van der Waals surface area contributed by atoms with Crippen LogP contribution in [0.1, 0.15) is 16.2 Å². The summed E-state index contributed by atoms with van der Waals surface area (Å²) < 4.78 is 7.69. The van der Waals surface area contributed by atoms with Crippen molar-refractivity contribution in [3.63, 3.8) is 0 Å². The molecule has 0 aliphatic carbocycles. The summed E-state index contributed by atoms with van der Waals surface area (Å²) in [6, 6.07) is 21.5. The zero-order chi connectivity index (χ0) is 17.5. The van der Waals surface area contributed by atoms with E-state index in [1.165, 1.54) is 0 Å². The molecule has 126 valence electrons. The summed E-state index contributed by atoms with van der Waals surface area (Å²) in [5, 5.41) is 5.07. The van der Waals surface area contributed by atoms with Crippen LogP contribution in [0.5, 0.6) is 5.75 Å². The van der Waals surface area contributed by atoms with Gasteiger partial charge in [-0.15, -0.1) is 0 Å². The fraction of sp³-hybridized carbons (Fsp3) is 0.0476. The Balaban J connectivity index is 1.52. The average molecular weight is 341 g/mol. The van der Waals surface area contributed by atoms with E-state index in [2.05, 4.69) is 10.3 Å². The summed E-state index contributed by atoms with van der Waals surface area (Å²) in [6.45, 7) is 0.315. The third kappa shape index (κ3) is 2.25. The molecular weight excluding hydrogens is 326 g/mol. The lowest BCUT2D eigenvalue weighted by Gasteiger charge is -2.20. The lowest BCUT2D eigenvalue weighted by atomic mass is 10.1. The number of benzene rings is 3. The molecule has 2 heterocycles. The highest BCUT2D eigenvalue weighted by molar-refractivity contribution is 6.08. The number of carbonyl (C=O) groups is 1. The van der Waals surface area contributed by atoms with Gasteiger partial charge in [-0.05, 0) is 23.6 Å². The van der Waals surface area contributed by atoms with E-state index in [0.29, 0.717) is 12.3 Å². The first-order chi connectivity index (χ1) is 12.8. The molecule has 1 aliphatic rings. The van der Waals surface area contributed by atoms with Crippen LogP contribution in [0.2, 0.25) is 0 Å². The Hall–Kier alpha value is -3.60. The lowest BCUT2D eigenvalue weighted by Crippen LogP contribution is -2.19. The van der Waals surface area contributed by atoms with Crippen molar-refractivity contribution in [2.24, 2.45) is 0 Å². The Morgan fingerprint density at radius 2 is 1.81 bits per heavy atom. The van der Waals surface area contributed by atoms with Gasteiger partial charge >= 0.3 is 0 Å². The first-order valence-electron chi connectivity index (χ1n) is 8.39. The highest BCUT2D eigenvalue weighted by Crippen LogP contribution is 2.31. The molecular formula is C21H15N3O2. The second-order valence-electron chi connectivity index (χ2n) is 6.15. The van der Waals surface area contributed by atoms with Gasteiger partial charge in [-0.2, -0.15) is 0 Å². The number of amides is 1. The van der Waals surface area contributed by atoms with E-state index >= 15 is 0 Å². The second kappa shape index (κ2) is 5.74. The van der Waals surface area contributed by atoms with E-state index < -0.39 is 0 Å². The Morgan fingerprint density at radius 3 is 2.77 bits per heavy atom. The van der Waals surface area contributed by atoms with Crippen LogP contribution < -0.4 is 10.1 Å². The number of imidazole rings is 1. The molecule has 0 saturated heterocycles. The van der Waals surface area contributed by atoms with Gasteiger partial charge in [-0.1, -0.05) is 48.5 Å². The fourth-order valence-corrected chi connectivity index (χ4v) is 3.35. The number of para-hydroxylation sites is 2. The smallest absolute Gasteiger partial charge is 0.276 e. The SMILES string of the molecule is O=C(Nc1cccc2ccccc12)c1ncn2c1COc1ccccc1-2. The van der Waals surface area contributed by atoms with Crippen molar-refractivity contribution >= 4 is 22.4 Å². The summed E-state index contributed by atoms with van der Waals surface area (Å²) in [4.78, 5) is 17.2. The molecule has 5 heteroatoms. The summed E-state index contributed by atoms with van der Waals surface area (Å²) in [5.74, 6) is 0.552. The van der Waals surface area contributed by atoms with Gasteiger partial charge in [0.15, 0.2) is 5.69 Å². The van der Waals surface area contributed by atoms with Crippen molar-refractivity contribution in [2.45, 2.75) is 6.61 Å². The van der Waals surface area contributed by atoms with E-state index in [0.717, 1.165) is 33.6 Å². The van der Waals surface area contributed by atoms with Crippen LogP contribution in [0, 0.1) is 0 Å². The zero-order valence-electron chi connectivity index (χ0n) is 13.8. The average Bonchev–Trinajstić information content (AvgIpc) is 3.13. The molecule has 0 atom stereocenters. The monoisotopic (exact) mass is 341 g/mol. The first kappa shape index (κ1) is 14.7. The maximum atomic E-state index is 12.9. The molecule has 0 unspecified atom stereocenters. The Bertz CT molecular complexity index is 1140. The van der Waals surface area contributed by atoms with Gasteiger partial charge in [0, 0.05) is 11.1 Å². The Kier molecular flexibility index (Phi) is 3.25. The van der Waals surface area contributed by atoms with Crippen molar-refractivity contribution in [3.05, 3.63) is 84.4 Å². The van der Waals surface area contributed by atoms with Gasteiger partial charge in [-0.25, -0.2) is 4.98 Å². The molecule has 1 N–H and O–H groups in total. The minimum Gasteiger partial charge on any atom is -0.485 e. The van der Waals surface area contributed by atoms with Gasteiger partial charge in [-0.3, -0.25) is 9.36 Å². The molecule has 5 rings (SSSR count). The number of hydrogen-bond donors (Lipinski definition) is 1. The van der Waals surface area contributed by atoms with Crippen molar-refractivity contribution in [1.29, 1.82) is 0 Å². The van der Waals surface area contributed by atoms with E-state index in [1.807, 2.05) is 71.3 Å². The number of rotatable bonds is 2. The standard InChI is InChI=1S/C21H15N3O2/c25-21(23-16-9-5-7-14-6-1-2-8-15(14)16)20-18-12-26-19-11-4-3-10-17(19)24(18)13-22-20/h1-11,13H,12H2,(H,23,25). The summed E-state index contributed by atoms with van der Waals surface area (Å²) in [7, 11) is 0. The van der Waals surface area contributed by atoms with Crippen LogP contribution in [0.4, 0.5) is 5.69 Å². The number of nitrogens with zero attached hydrogens (tertiary/aromatic N) is 2. The normalized spacial score (nSPS) is 12.2. The third-order valence-electron chi connectivity index (χ3n) is 4.61. The summed E-state index contributed by atoms with van der Waals surface area (Å²) >= 11 is 0. The molecule has 0 saturated carbocycles. The van der Waals surface area contributed by atoms with Gasteiger partial charge < -0.3 is 10.1 Å². The number of anilines is 1. The number of aromatic nitrogens is 2. The molecule has 1 aliphatic heterocycles. The number of nitrogens with one attached hydrogen (secondary N) is 1. The van der Waals surface area contributed by atoms with Crippen LogP contribution in [-0.2, 0) is 6.61 Å². The minimum absolute atomic E-state index is 0.238. The quantitative estimate of drug-likeness (QED) is 0.595. The van der Waals surface area contributed by atoms with Crippen molar-refractivity contribution in [3.8, 4) is 11.4 Å². The maximum Gasteiger partial charge on any atom is 0.276 e. The Labute approximate surface area is 149 Å². The molecule has 5 nitrogen and oxygen atoms in total. The molecule has 0 radical (unpaired) electrons. The highest BCUT2D eigenvalue weighted by Gasteiger charge is 2.24. The van der Waals surface area contributed by atoms with Gasteiger partial charge in [0.05, 0.1) is 11.4 Å². The van der Waals surface area contributed by atoms with Crippen LogP contribution >= 0.6 is 0 Å². The zero-order valence-corrected chi connectivity index (χ0v) is 13.8. The number of ether oxygens (including phenoxy) is 1. The van der Waals surface area contributed by atoms with E-state index in [-0.39, 0.29) is 5.91 Å². The molecule has 0 spiro atoms. The first-order valence-corrected chi connectivity index (χ1v) is 8.39. The highest BCUT2D eigenvalue weighted by atomic mass is 16.5. The Morgan fingerprint density at radius 1 is 1.00 bits per heavy atom. The van der Waals surface area contributed by atoms with Crippen molar-refractivity contribution in [1.82, 2.24) is 9.55 Å². The molecule has 1 amide bonds. The van der Waals surface area contributed by atoms with Crippen molar-refractivity contribution in [2.75, 3.05) is 5.32 Å². The predicted molar refractivity (Wildman–Crippen MR) is 99.8 cm³/mol. The third-order valence-corrected chi connectivity index (χ3v) is 4.61. The molecule has 3 aromatic carbocycles. The van der Waals surface area contributed by atoms with Crippen LogP contribution in [-0.4, -0.2) is 15.5 Å². The van der Waals surface area contributed by atoms with E-state index in [9.17, 15) is 4.79 Å². The molecule has 1 aromatic heterocycles. The largest absolute Gasteiger partial charge is 0.485 e. The molecule has 26 heavy (non-hydrogen) atoms.